The summed E-state index contributed by atoms with van der Waals surface area (Å²) in [6.07, 6.45) is 1.45. The number of halogens is 3. The average Bonchev–Trinajstić information content (AvgIpc) is 2.41. The lowest BCUT2D eigenvalue weighted by atomic mass is 10.2. The zero-order chi connectivity index (χ0) is 13.8. The molecule has 1 heterocycles. The first kappa shape index (κ1) is 12.9. The molecule has 0 spiro atoms. The number of nitriles is 1. The minimum Gasteiger partial charge on any atom is -0.378 e. The lowest BCUT2D eigenvalue weighted by Gasteiger charge is -2.09. The highest BCUT2D eigenvalue weighted by Crippen LogP contribution is 2.20. The van der Waals surface area contributed by atoms with Crippen molar-refractivity contribution in [2.75, 3.05) is 5.32 Å². The fourth-order valence-electron chi connectivity index (χ4n) is 1.56. The van der Waals surface area contributed by atoms with E-state index in [0.29, 0.717) is 11.6 Å². The van der Waals surface area contributed by atoms with E-state index >= 15 is 0 Å². The lowest BCUT2D eigenvalue weighted by Crippen LogP contribution is -2.05. The zero-order valence-electron chi connectivity index (χ0n) is 9.62. The SMILES string of the molecule is N#Cc1ncccc1CNc1cc(F)cc(F)c1F. The molecule has 0 aliphatic carbocycles. The van der Waals surface area contributed by atoms with E-state index in [-0.39, 0.29) is 17.9 Å². The topological polar surface area (TPSA) is 48.7 Å². The number of aromatic nitrogens is 1. The van der Waals surface area contributed by atoms with Crippen LogP contribution >= 0.6 is 0 Å². The predicted octanol–water partition coefficient (Wildman–Crippen LogP) is 2.98. The Morgan fingerprint density at radius 2 is 2.05 bits per heavy atom. The maximum Gasteiger partial charge on any atom is 0.182 e. The Kier molecular flexibility index (Phi) is 3.66. The smallest absolute Gasteiger partial charge is 0.182 e. The number of nitrogens with one attached hydrogen (secondary N) is 1. The van der Waals surface area contributed by atoms with E-state index < -0.39 is 17.5 Å². The van der Waals surface area contributed by atoms with Gasteiger partial charge in [-0.1, -0.05) is 6.07 Å². The molecule has 6 heteroatoms. The van der Waals surface area contributed by atoms with Gasteiger partial charge in [0.05, 0.1) is 5.69 Å². The Labute approximate surface area is 107 Å². The van der Waals surface area contributed by atoms with Gasteiger partial charge < -0.3 is 5.32 Å². The van der Waals surface area contributed by atoms with Crippen LogP contribution in [0.1, 0.15) is 11.3 Å². The molecule has 3 nitrogen and oxygen atoms in total. The third-order valence-electron chi connectivity index (χ3n) is 2.46. The van der Waals surface area contributed by atoms with Crippen LogP contribution in [-0.4, -0.2) is 4.98 Å². The van der Waals surface area contributed by atoms with Gasteiger partial charge in [-0.2, -0.15) is 5.26 Å². The zero-order valence-corrected chi connectivity index (χ0v) is 9.62. The third kappa shape index (κ3) is 2.83. The van der Waals surface area contributed by atoms with Crippen LogP contribution in [0.15, 0.2) is 30.5 Å². The minimum atomic E-state index is -1.27. The van der Waals surface area contributed by atoms with Crippen molar-refractivity contribution in [1.82, 2.24) is 4.98 Å². The molecular formula is C13H8F3N3. The Morgan fingerprint density at radius 3 is 2.79 bits per heavy atom. The standard InChI is InChI=1S/C13H8F3N3/c14-9-4-10(15)13(16)11(5-9)19-7-8-2-1-3-18-12(8)6-17/h1-5,19H,7H2. The third-order valence-corrected chi connectivity index (χ3v) is 2.46. The first-order valence-corrected chi connectivity index (χ1v) is 5.34. The molecule has 0 amide bonds. The fraction of sp³-hybridized carbons (Fsp3) is 0.0769. The molecule has 1 aromatic carbocycles. The molecule has 0 saturated heterocycles. The van der Waals surface area contributed by atoms with E-state index in [2.05, 4.69) is 10.3 Å². The van der Waals surface area contributed by atoms with Gasteiger partial charge in [0.15, 0.2) is 11.6 Å². The molecule has 2 aromatic rings. The second-order valence-corrected chi connectivity index (χ2v) is 3.73. The Balaban J connectivity index is 2.22. The summed E-state index contributed by atoms with van der Waals surface area (Å²) in [5.41, 5.74) is 0.381. The number of pyridine rings is 1. The second kappa shape index (κ2) is 5.40. The fourth-order valence-corrected chi connectivity index (χ4v) is 1.56. The summed E-state index contributed by atoms with van der Waals surface area (Å²) in [4.78, 5) is 3.82. The molecule has 19 heavy (non-hydrogen) atoms. The largest absolute Gasteiger partial charge is 0.378 e. The van der Waals surface area contributed by atoms with Gasteiger partial charge in [0.25, 0.3) is 0 Å². The first-order chi connectivity index (χ1) is 9.11. The van der Waals surface area contributed by atoms with Crippen LogP contribution < -0.4 is 5.32 Å². The predicted molar refractivity (Wildman–Crippen MR) is 62.6 cm³/mol. The van der Waals surface area contributed by atoms with E-state index in [9.17, 15) is 13.2 Å². The molecule has 0 aliphatic heterocycles. The highest BCUT2D eigenvalue weighted by atomic mass is 19.2. The van der Waals surface area contributed by atoms with Crippen molar-refractivity contribution in [1.29, 1.82) is 5.26 Å². The number of hydrogen-bond acceptors (Lipinski definition) is 3. The Hall–Kier alpha value is -2.55. The second-order valence-electron chi connectivity index (χ2n) is 3.73. The van der Waals surface area contributed by atoms with Crippen LogP contribution in [0.25, 0.3) is 0 Å². The Morgan fingerprint density at radius 1 is 1.26 bits per heavy atom. The number of anilines is 1. The molecular weight excluding hydrogens is 255 g/mol. The molecule has 0 fully saturated rings. The average molecular weight is 263 g/mol. The van der Waals surface area contributed by atoms with Crippen molar-refractivity contribution >= 4 is 5.69 Å². The molecule has 0 bridgehead atoms. The van der Waals surface area contributed by atoms with E-state index in [1.165, 1.54) is 6.20 Å². The van der Waals surface area contributed by atoms with Gasteiger partial charge in [-0.3, -0.25) is 0 Å². The van der Waals surface area contributed by atoms with Gasteiger partial charge >= 0.3 is 0 Å². The van der Waals surface area contributed by atoms with Crippen LogP contribution in [0.5, 0.6) is 0 Å². The summed E-state index contributed by atoms with van der Waals surface area (Å²) in [7, 11) is 0. The van der Waals surface area contributed by atoms with E-state index in [1.54, 1.807) is 12.1 Å². The molecule has 0 aliphatic rings. The molecule has 1 aromatic heterocycles. The maximum atomic E-state index is 13.4. The summed E-state index contributed by atoms with van der Waals surface area (Å²) in [6, 6.07) is 6.42. The number of nitrogens with zero attached hydrogens (tertiary/aromatic N) is 2. The van der Waals surface area contributed by atoms with Gasteiger partial charge in [-0.15, -0.1) is 0 Å². The number of hydrogen-bond donors (Lipinski definition) is 1. The van der Waals surface area contributed by atoms with Crippen molar-refractivity contribution in [2.24, 2.45) is 0 Å². The van der Waals surface area contributed by atoms with E-state index in [1.807, 2.05) is 6.07 Å². The molecule has 1 N–H and O–H groups in total. The summed E-state index contributed by atoms with van der Waals surface area (Å²) in [6.45, 7) is 0.0382. The molecule has 0 unspecified atom stereocenters. The molecule has 0 atom stereocenters. The van der Waals surface area contributed by atoms with Crippen LogP contribution in [-0.2, 0) is 6.54 Å². The van der Waals surface area contributed by atoms with Crippen LogP contribution in [0.3, 0.4) is 0 Å². The van der Waals surface area contributed by atoms with Crippen LogP contribution in [0, 0.1) is 28.8 Å². The van der Waals surface area contributed by atoms with Crippen LogP contribution in [0.2, 0.25) is 0 Å². The monoisotopic (exact) mass is 263 g/mol. The van der Waals surface area contributed by atoms with Gasteiger partial charge in [0, 0.05) is 30.4 Å². The van der Waals surface area contributed by atoms with Crippen molar-refractivity contribution in [3.63, 3.8) is 0 Å². The van der Waals surface area contributed by atoms with Crippen molar-refractivity contribution in [3.8, 4) is 6.07 Å². The number of rotatable bonds is 3. The van der Waals surface area contributed by atoms with Gasteiger partial charge in [-0.05, 0) is 6.07 Å². The highest BCUT2D eigenvalue weighted by Gasteiger charge is 2.11. The van der Waals surface area contributed by atoms with Gasteiger partial charge in [-0.25, -0.2) is 18.2 Å². The quantitative estimate of drug-likeness (QED) is 0.866. The summed E-state index contributed by atoms with van der Waals surface area (Å²) >= 11 is 0. The lowest BCUT2D eigenvalue weighted by molar-refractivity contribution is 0.497. The maximum absolute atomic E-state index is 13.4. The van der Waals surface area contributed by atoms with Crippen molar-refractivity contribution in [3.05, 3.63) is 59.2 Å². The molecule has 0 radical (unpaired) electrons. The van der Waals surface area contributed by atoms with E-state index in [4.69, 9.17) is 5.26 Å². The van der Waals surface area contributed by atoms with Crippen molar-refractivity contribution in [2.45, 2.75) is 6.54 Å². The van der Waals surface area contributed by atoms with Crippen molar-refractivity contribution < 1.29 is 13.2 Å². The minimum absolute atomic E-state index is 0.0382. The van der Waals surface area contributed by atoms with Crippen LogP contribution in [0.4, 0.5) is 18.9 Å². The summed E-state index contributed by atoms with van der Waals surface area (Å²) < 4.78 is 39.3. The van der Waals surface area contributed by atoms with Gasteiger partial charge in [0.2, 0.25) is 0 Å². The summed E-state index contributed by atoms with van der Waals surface area (Å²) in [5.74, 6) is -3.31. The van der Waals surface area contributed by atoms with Gasteiger partial charge in [0.1, 0.15) is 17.6 Å². The molecule has 0 saturated carbocycles. The first-order valence-electron chi connectivity index (χ1n) is 5.34. The normalized spacial score (nSPS) is 10.0. The molecule has 2 rings (SSSR count). The Bertz CT molecular complexity index is 650. The molecule has 96 valence electrons. The van der Waals surface area contributed by atoms with E-state index in [0.717, 1.165) is 6.07 Å². The highest BCUT2D eigenvalue weighted by molar-refractivity contribution is 5.46. The number of benzene rings is 1. The summed E-state index contributed by atoms with van der Waals surface area (Å²) in [5, 5.41) is 11.4.